The van der Waals surface area contributed by atoms with E-state index in [1.165, 1.54) is 11.1 Å². The van der Waals surface area contributed by atoms with E-state index in [-0.39, 0.29) is 0 Å². The molecule has 4 rings (SSSR count). The zero-order valence-corrected chi connectivity index (χ0v) is 18.1. The molecule has 1 saturated carbocycles. The highest BCUT2D eigenvalue weighted by Gasteiger charge is 2.38. The highest BCUT2D eigenvalue weighted by molar-refractivity contribution is 6.30. The Balaban J connectivity index is 1.38. The number of allylic oxidation sites excluding steroid dienone is 2. The molecule has 5 nitrogen and oxygen atoms in total. The third kappa shape index (κ3) is 3.84. The lowest BCUT2D eigenvalue weighted by Crippen LogP contribution is -2.40. The molecule has 1 aliphatic carbocycles. The van der Waals surface area contributed by atoms with Crippen molar-refractivity contribution >= 4 is 23.8 Å². The molecular formula is C23H28ClN5. The zero-order valence-electron chi connectivity index (χ0n) is 17.3. The summed E-state index contributed by atoms with van der Waals surface area (Å²) >= 11 is 6.00. The standard InChI is InChI=1S/C23H28ClN5/c1-14(2)23-15(3)25-13-28(16(23)4)12-22-26-17(5)29(27-22)21-10-19(11-21)18-6-8-20(24)9-7-18/h6-9,13-14,19,21H,4-5,10-12H2,1-3H3,(H,26,27)/t19-,21-. The quantitative estimate of drug-likeness (QED) is 0.738. The summed E-state index contributed by atoms with van der Waals surface area (Å²) in [6, 6.07) is 8.55. The van der Waals surface area contributed by atoms with E-state index in [0.717, 1.165) is 40.9 Å². The average molecular weight is 410 g/mol. The van der Waals surface area contributed by atoms with E-state index >= 15 is 0 Å². The second-order valence-corrected chi connectivity index (χ2v) is 8.75. The summed E-state index contributed by atoms with van der Waals surface area (Å²) < 4.78 is 0. The van der Waals surface area contributed by atoms with E-state index in [1.54, 1.807) is 0 Å². The first kappa shape index (κ1) is 19.8. The lowest BCUT2D eigenvalue weighted by atomic mass is 9.75. The van der Waals surface area contributed by atoms with Gasteiger partial charge in [-0.2, -0.15) is 5.10 Å². The number of nitrogens with zero attached hydrogens (tertiary/aromatic N) is 4. The summed E-state index contributed by atoms with van der Waals surface area (Å²) in [4.78, 5) is 6.61. The molecule has 0 radical (unpaired) electrons. The van der Waals surface area contributed by atoms with E-state index in [0.29, 0.717) is 24.4 Å². The van der Waals surface area contributed by atoms with Crippen LogP contribution in [0.1, 0.15) is 45.1 Å². The van der Waals surface area contributed by atoms with Crippen molar-refractivity contribution < 1.29 is 0 Å². The van der Waals surface area contributed by atoms with Crippen LogP contribution in [-0.4, -0.2) is 34.7 Å². The van der Waals surface area contributed by atoms with Gasteiger partial charge in [0, 0.05) is 16.4 Å². The molecule has 0 bridgehead atoms. The predicted octanol–water partition coefficient (Wildman–Crippen LogP) is 5.06. The molecule has 0 spiro atoms. The smallest absolute Gasteiger partial charge is 0.148 e. The van der Waals surface area contributed by atoms with Crippen LogP contribution in [0.25, 0.3) is 0 Å². The molecule has 1 aromatic carbocycles. The molecule has 1 N–H and O–H groups in total. The molecule has 3 aliphatic rings. The molecule has 0 atom stereocenters. The largest absolute Gasteiger partial charge is 0.326 e. The van der Waals surface area contributed by atoms with Crippen LogP contribution in [0.4, 0.5) is 0 Å². The van der Waals surface area contributed by atoms with E-state index in [4.69, 9.17) is 16.7 Å². The van der Waals surface area contributed by atoms with Crippen molar-refractivity contribution in [3.05, 3.63) is 70.8 Å². The van der Waals surface area contributed by atoms with Gasteiger partial charge in [-0.05, 0) is 54.9 Å². The lowest BCUT2D eigenvalue weighted by molar-refractivity contribution is 0.153. The number of hydrogen-bond donors (Lipinski definition) is 1. The van der Waals surface area contributed by atoms with Crippen molar-refractivity contribution in [2.24, 2.45) is 16.0 Å². The highest BCUT2D eigenvalue weighted by Crippen LogP contribution is 2.41. The van der Waals surface area contributed by atoms with Gasteiger partial charge < -0.3 is 10.2 Å². The van der Waals surface area contributed by atoms with Crippen molar-refractivity contribution in [3.8, 4) is 0 Å². The van der Waals surface area contributed by atoms with Gasteiger partial charge in [0.25, 0.3) is 0 Å². The van der Waals surface area contributed by atoms with Gasteiger partial charge in [0.05, 0.1) is 18.9 Å². The first-order chi connectivity index (χ1) is 13.8. The molecule has 0 saturated heterocycles. The van der Waals surface area contributed by atoms with Gasteiger partial charge in [-0.15, -0.1) is 0 Å². The monoisotopic (exact) mass is 409 g/mol. The van der Waals surface area contributed by atoms with Gasteiger partial charge in [0.2, 0.25) is 0 Å². The number of rotatable bonds is 5. The molecule has 6 heteroatoms. The van der Waals surface area contributed by atoms with Gasteiger partial charge in [-0.3, -0.25) is 0 Å². The molecule has 2 heterocycles. The Morgan fingerprint density at radius 1 is 1.21 bits per heavy atom. The summed E-state index contributed by atoms with van der Waals surface area (Å²) in [5, 5.41) is 11.0. The SMILES string of the molecule is C=C1C(C(C)C)=C(C)N=CN1CC1=NN([C@H]2C[C@H](c3ccc(Cl)cc3)C2)C(=C)N1. The molecule has 2 aliphatic heterocycles. The van der Waals surface area contributed by atoms with Crippen LogP contribution in [0, 0.1) is 5.92 Å². The summed E-state index contributed by atoms with van der Waals surface area (Å²) in [6.45, 7) is 15.4. The van der Waals surface area contributed by atoms with Gasteiger partial charge in [0.1, 0.15) is 11.7 Å². The fraction of sp³-hybridized carbons (Fsp3) is 0.391. The maximum atomic E-state index is 6.00. The molecule has 1 fully saturated rings. The van der Waals surface area contributed by atoms with Crippen LogP contribution in [0.15, 0.2) is 70.3 Å². The number of benzene rings is 1. The first-order valence-corrected chi connectivity index (χ1v) is 10.5. The van der Waals surface area contributed by atoms with Crippen LogP contribution in [0.5, 0.6) is 0 Å². The van der Waals surface area contributed by atoms with Crippen molar-refractivity contribution in [1.82, 2.24) is 15.2 Å². The molecule has 29 heavy (non-hydrogen) atoms. The minimum absolute atomic E-state index is 0.375. The molecule has 0 unspecified atom stereocenters. The van der Waals surface area contributed by atoms with Crippen LogP contribution in [0.2, 0.25) is 5.02 Å². The molecular weight excluding hydrogens is 382 g/mol. The number of amidine groups is 1. The van der Waals surface area contributed by atoms with Crippen molar-refractivity contribution in [2.45, 2.75) is 45.6 Å². The third-order valence-electron chi connectivity index (χ3n) is 5.93. The topological polar surface area (TPSA) is 43.2 Å². The number of hydrogen-bond acceptors (Lipinski definition) is 5. The average Bonchev–Trinajstić information content (AvgIpc) is 2.98. The number of aliphatic imine (C=N–C) groups is 1. The Labute approximate surface area is 178 Å². The second-order valence-electron chi connectivity index (χ2n) is 8.31. The summed E-state index contributed by atoms with van der Waals surface area (Å²) in [5.74, 6) is 2.65. The first-order valence-electron chi connectivity index (χ1n) is 10.1. The van der Waals surface area contributed by atoms with E-state index < -0.39 is 0 Å². The Morgan fingerprint density at radius 3 is 2.55 bits per heavy atom. The third-order valence-corrected chi connectivity index (χ3v) is 6.18. The van der Waals surface area contributed by atoms with E-state index in [1.807, 2.05) is 30.4 Å². The Kier molecular flexibility index (Phi) is 5.26. The minimum Gasteiger partial charge on any atom is -0.326 e. The van der Waals surface area contributed by atoms with Crippen LogP contribution >= 0.6 is 11.6 Å². The van der Waals surface area contributed by atoms with Crippen molar-refractivity contribution in [1.29, 1.82) is 0 Å². The molecule has 0 aromatic heterocycles. The maximum Gasteiger partial charge on any atom is 0.148 e. The zero-order chi connectivity index (χ0) is 20.7. The number of nitrogens with one attached hydrogen (secondary N) is 1. The summed E-state index contributed by atoms with van der Waals surface area (Å²) in [6.07, 6.45) is 3.98. The fourth-order valence-corrected chi connectivity index (χ4v) is 4.44. The van der Waals surface area contributed by atoms with Crippen LogP contribution in [0.3, 0.4) is 0 Å². The Morgan fingerprint density at radius 2 is 1.90 bits per heavy atom. The summed E-state index contributed by atoms with van der Waals surface area (Å²) in [7, 11) is 0. The summed E-state index contributed by atoms with van der Waals surface area (Å²) in [5.41, 5.74) is 4.58. The van der Waals surface area contributed by atoms with Crippen LogP contribution < -0.4 is 5.32 Å². The molecule has 1 aromatic rings. The normalized spacial score (nSPS) is 24.2. The fourth-order valence-electron chi connectivity index (χ4n) is 4.31. The van der Waals surface area contributed by atoms with Crippen LogP contribution in [-0.2, 0) is 0 Å². The maximum absolute atomic E-state index is 6.00. The molecule has 0 amide bonds. The second kappa shape index (κ2) is 7.71. The minimum atomic E-state index is 0.375. The van der Waals surface area contributed by atoms with Gasteiger partial charge in [-0.1, -0.05) is 50.7 Å². The lowest BCUT2D eigenvalue weighted by Gasteiger charge is -2.40. The van der Waals surface area contributed by atoms with Gasteiger partial charge in [0.15, 0.2) is 0 Å². The Bertz CT molecular complexity index is 919. The van der Waals surface area contributed by atoms with Gasteiger partial charge in [-0.25, -0.2) is 10.0 Å². The van der Waals surface area contributed by atoms with Crippen molar-refractivity contribution in [2.75, 3.05) is 6.54 Å². The number of halogens is 1. The van der Waals surface area contributed by atoms with E-state index in [9.17, 15) is 0 Å². The van der Waals surface area contributed by atoms with Crippen molar-refractivity contribution in [3.63, 3.8) is 0 Å². The van der Waals surface area contributed by atoms with E-state index in [2.05, 4.69) is 54.3 Å². The molecule has 152 valence electrons. The highest BCUT2D eigenvalue weighted by atomic mass is 35.5. The number of hydrazone groups is 1. The Hall–Kier alpha value is -2.53. The van der Waals surface area contributed by atoms with Gasteiger partial charge >= 0.3 is 0 Å². The predicted molar refractivity (Wildman–Crippen MR) is 121 cm³/mol.